The van der Waals surface area contributed by atoms with Crippen molar-refractivity contribution in [3.05, 3.63) is 42.0 Å². The molecule has 1 rings (SSSR count). The Balaban J connectivity index is 2.88. The minimum atomic E-state index is -3.79. The lowest BCUT2D eigenvalue weighted by molar-refractivity contribution is -0.110. The molecule has 5 heteroatoms. The fraction of sp³-hybridized carbons (Fsp3) is 0.400. The number of hydrogen-bond acceptors (Lipinski definition) is 4. The van der Waals surface area contributed by atoms with Gasteiger partial charge >= 0.3 is 7.60 Å². The van der Waals surface area contributed by atoms with Gasteiger partial charge < -0.3 is 9.05 Å². The molecule has 1 aromatic rings. The number of benzene rings is 1. The second kappa shape index (κ2) is 7.53. The van der Waals surface area contributed by atoms with Gasteiger partial charge in [0.2, 0.25) is 0 Å². The van der Waals surface area contributed by atoms with E-state index in [1.54, 1.807) is 33.8 Å². The van der Waals surface area contributed by atoms with Crippen LogP contribution >= 0.6 is 7.60 Å². The maximum absolute atomic E-state index is 12.5. The Morgan fingerprint density at radius 1 is 1.05 bits per heavy atom. The topological polar surface area (TPSA) is 52.6 Å². The molecule has 0 aliphatic heterocycles. The molecule has 20 heavy (non-hydrogen) atoms. The first kappa shape index (κ1) is 16.8. The fourth-order valence-electron chi connectivity index (χ4n) is 1.51. The molecule has 1 aromatic carbocycles. The molecule has 0 aromatic heterocycles. The number of carbonyl (C=O) groups is 1. The molecule has 0 radical (unpaired) electrons. The summed E-state index contributed by atoms with van der Waals surface area (Å²) >= 11 is 0. The molecule has 0 N–H and O–H groups in total. The molecular formula is C15H21O4P. The van der Waals surface area contributed by atoms with E-state index in [2.05, 4.69) is 0 Å². The zero-order valence-electron chi connectivity index (χ0n) is 12.3. The van der Waals surface area contributed by atoms with E-state index in [4.69, 9.17) is 9.05 Å². The average Bonchev–Trinajstić information content (AvgIpc) is 2.35. The Bertz CT molecular complexity index is 492. The van der Waals surface area contributed by atoms with Crippen molar-refractivity contribution in [3.63, 3.8) is 0 Å². The van der Waals surface area contributed by atoms with Crippen LogP contribution in [-0.2, 0) is 18.4 Å². The first-order valence-electron chi connectivity index (χ1n) is 6.58. The molecule has 0 saturated carbocycles. The molecular weight excluding hydrogens is 275 g/mol. The van der Waals surface area contributed by atoms with Gasteiger partial charge in [-0.3, -0.25) is 9.36 Å². The molecule has 0 atom stereocenters. The highest BCUT2D eigenvalue weighted by atomic mass is 31.2. The Hall–Kier alpha value is -1.22. The van der Waals surface area contributed by atoms with E-state index < -0.39 is 13.1 Å². The number of rotatable bonds is 7. The minimum absolute atomic E-state index is 0.353. The highest BCUT2D eigenvalue weighted by molar-refractivity contribution is 7.72. The summed E-state index contributed by atoms with van der Waals surface area (Å²) < 4.78 is 23.0. The molecule has 0 unspecified atom stereocenters. The number of allylic oxidation sites excluding steroid dienone is 1. The zero-order chi connectivity index (χ0) is 15.2. The Morgan fingerprint density at radius 3 is 2.00 bits per heavy atom. The third-order valence-electron chi connectivity index (χ3n) is 2.19. The largest absolute Gasteiger partial charge is 0.401 e. The van der Waals surface area contributed by atoms with Gasteiger partial charge in [0, 0.05) is 0 Å². The summed E-state index contributed by atoms with van der Waals surface area (Å²) in [6.45, 7) is 6.85. The van der Waals surface area contributed by atoms with E-state index in [1.807, 2.05) is 30.3 Å². The minimum Gasteiger partial charge on any atom is -0.300 e. The first-order chi connectivity index (χ1) is 9.33. The normalized spacial score (nSPS) is 12.5. The average molecular weight is 296 g/mol. The molecule has 0 aliphatic carbocycles. The summed E-state index contributed by atoms with van der Waals surface area (Å²) in [5.74, 6) is 0. The van der Waals surface area contributed by atoms with Crippen LogP contribution in [0, 0.1) is 0 Å². The van der Waals surface area contributed by atoms with E-state index in [-0.39, 0.29) is 12.2 Å². The monoisotopic (exact) mass is 296 g/mol. The molecule has 110 valence electrons. The lowest BCUT2D eigenvalue weighted by Crippen LogP contribution is -2.12. The van der Waals surface area contributed by atoms with Crippen LogP contribution < -0.4 is 0 Å². The molecule has 0 heterocycles. The van der Waals surface area contributed by atoms with Crippen molar-refractivity contribution in [3.8, 4) is 0 Å². The van der Waals surface area contributed by atoms with Crippen LogP contribution in [0.5, 0.6) is 0 Å². The SMILES string of the molecule is CC(C)OP(=O)(OC(C)C)C(=O)/C=C/c1ccccc1. The summed E-state index contributed by atoms with van der Waals surface area (Å²) in [5.41, 5.74) is 0.213. The van der Waals surface area contributed by atoms with Crippen LogP contribution in [0.25, 0.3) is 6.08 Å². The standard InChI is InChI=1S/C15H21O4P/c1-12(2)18-20(17,19-13(3)4)15(16)11-10-14-8-6-5-7-9-14/h5-13H,1-4H3/b11-10+. The van der Waals surface area contributed by atoms with Gasteiger partial charge in [-0.1, -0.05) is 36.4 Å². The van der Waals surface area contributed by atoms with Crippen LogP contribution in [0.3, 0.4) is 0 Å². The van der Waals surface area contributed by atoms with Crippen LogP contribution in [0.1, 0.15) is 33.3 Å². The van der Waals surface area contributed by atoms with Crippen molar-refractivity contribution < 1.29 is 18.4 Å². The van der Waals surface area contributed by atoms with Gasteiger partial charge in [-0.2, -0.15) is 0 Å². The first-order valence-corrected chi connectivity index (χ1v) is 8.12. The van der Waals surface area contributed by atoms with Gasteiger partial charge in [0.1, 0.15) is 0 Å². The Kier molecular flexibility index (Phi) is 6.34. The van der Waals surface area contributed by atoms with Gasteiger partial charge in [-0.25, -0.2) is 0 Å². The molecule has 0 amide bonds. The van der Waals surface area contributed by atoms with Gasteiger partial charge in [0.05, 0.1) is 12.2 Å². The molecule has 4 nitrogen and oxygen atoms in total. The van der Waals surface area contributed by atoms with Crippen molar-refractivity contribution in [1.82, 2.24) is 0 Å². The molecule has 0 fully saturated rings. The van der Waals surface area contributed by atoms with Crippen LogP contribution in [0.15, 0.2) is 36.4 Å². The predicted octanol–water partition coefficient (Wildman–Crippen LogP) is 4.27. The van der Waals surface area contributed by atoms with E-state index in [1.165, 1.54) is 6.08 Å². The van der Waals surface area contributed by atoms with E-state index in [0.29, 0.717) is 0 Å². The Labute approximate surface area is 120 Å². The molecule has 0 spiro atoms. The highest BCUT2D eigenvalue weighted by Gasteiger charge is 2.35. The maximum Gasteiger partial charge on any atom is 0.401 e. The number of hydrogen-bond donors (Lipinski definition) is 0. The van der Waals surface area contributed by atoms with Gasteiger partial charge in [-0.05, 0) is 39.3 Å². The van der Waals surface area contributed by atoms with Crippen LogP contribution in [0.2, 0.25) is 0 Å². The van der Waals surface area contributed by atoms with E-state index in [9.17, 15) is 9.36 Å². The third-order valence-corrected chi connectivity index (χ3v) is 4.27. The second-order valence-corrected chi connectivity index (χ2v) is 6.75. The van der Waals surface area contributed by atoms with Crippen molar-refractivity contribution in [2.45, 2.75) is 39.9 Å². The van der Waals surface area contributed by atoms with Crippen LogP contribution in [0.4, 0.5) is 0 Å². The molecule has 0 saturated heterocycles. The summed E-state index contributed by atoms with van der Waals surface area (Å²) in [6, 6.07) is 9.30. The zero-order valence-corrected chi connectivity index (χ0v) is 13.2. The highest BCUT2D eigenvalue weighted by Crippen LogP contribution is 2.51. The van der Waals surface area contributed by atoms with Crippen molar-refractivity contribution >= 4 is 19.2 Å². The van der Waals surface area contributed by atoms with E-state index >= 15 is 0 Å². The second-order valence-electron chi connectivity index (χ2n) is 4.89. The molecule has 0 bridgehead atoms. The summed E-state index contributed by atoms with van der Waals surface area (Å²) in [4.78, 5) is 12.1. The lowest BCUT2D eigenvalue weighted by Gasteiger charge is -2.20. The summed E-state index contributed by atoms with van der Waals surface area (Å²) in [6.07, 6.45) is 2.14. The van der Waals surface area contributed by atoms with Crippen molar-refractivity contribution in [2.24, 2.45) is 0 Å². The summed E-state index contributed by atoms with van der Waals surface area (Å²) in [7, 11) is -3.79. The van der Waals surface area contributed by atoms with Crippen LogP contribution in [-0.4, -0.2) is 17.7 Å². The fourth-order valence-corrected chi connectivity index (χ4v) is 3.13. The van der Waals surface area contributed by atoms with Gasteiger partial charge in [0.15, 0.2) is 0 Å². The predicted molar refractivity (Wildman–Crippen MR) is 80.5 cm³/mol. The van der Waals surface area contributed by atoms with E-state index in [0.717, 1.165) is 5.56 Å². The van der Waals surface area contributed by atoms with Crippen molar-refractivity contribution in [1.29, 1.82) is 0 Å². The quantitative estimate of drug-likeness (QED) is 0.557. The third kappa shape index (κ3) is 5.41. The number of carbonyl (C=O) groups excluding carboxylic acids is 1. The maximum atomic E-state index is 12.5. The Morgan fingerprint density at radius 2 is 1.55 bits per heavy atom. The summed E-state index contributed by atoms with van der Waals surface area (Å²) in [5, 5.41) is 0. The smallest absolute Gasteiger partial charge is 0.300 e. The van der Waals surface area contributed by atoms with Gasteiger partial charge in [-0.15, -0.1) is 0 Å². The van der Waals surface area contributed by atoms with Gasteiger partial charge in [0.25, 0.3) is 5.52 Å². The van der Waals surface area contributed by atoms with Crippen molar-refractivity contribution in [2.75, 3.05) is 0 Å². The lowest BCUT2D eigenvalue weighted by atomic mass is 10.2. The molecule has 0 aliphatic rings.